The van der Waals surface area contributed by atoms with E-state index >= 15 is 0 Å². The number of nitrogens with zero attached hydrogens (tertiary/aromatic N) is 5. The fourth-order valence-corrected chi connectivity index (χ4v) is 6.90. The van der Waals surface area contributed by atoms with Gasteiger partial charge in [0.25, 0.3) is 5.56 Å². The van der Waals surface area contributed by atoms with Crippen LogP contribution in [0.5, 0.6) is 5.75 Å². The van der Waals surface area contributed by atoms with Crippen LogP contribution in [0.3, 0.4) is 0 Å². The first-order valence-electron chi connectivity index (χ1n) is 13.7. The van der Waals surface area contributed by atoms with Crippen molar-refractivity contribution in [2.45, 2.75) is 27.3 Å². The zero-order chi connectivity index (χ0) is 32.0. The third-order valence-electron chi connectivity index (χ3n) is 7.46. The highest BCUT2D eigenvalue weighted by Crippen LogP contribution is 2.40. The van der Waals surface area contributed by atoms with Crippen molar-refractivity contribution < 1.29 is 14.6 Å². The topological polar surface area (TPSA) is 131 Å². The number of hydrogen-bond donors (Lipinski definition) is 1. The molecule has 1 N–H and O–H groups in total. The Bertz CT molecular complexity index is 2290. The summed E-state index contributed by atoms with van der Waals surface area (Å²) in [6.45, 7) is 5.54. The number of halogens is 2. The van der Waals surface area contributed by atoms with Gasteiger partial charge in [-0.25, -0.2) is 9.78 Å². The van der Waals surface area contributed by atoms with E-state index in [-0.39, 0.29) is 35.2 Å². The Balaban J connectivity index is 1.39. The van der Waals surface area contributed by atoms with Crippen LogP contribution < -0.4 is 10.3 Å². The summed E-state index contributed by atoms with van der Waals surface area (Å²) >= 11 is 14.3. The van der Waals surface area contributed by atoms with Gasteiger partial charge in [-0.2, -0.15) is 5.26 Å². The van der Waals surface area contributed by atoms with Crippen LogP contribution in [-0.4, -0.2) is 37.2 Å². The molecule has 0 saturated heterocycles. The van der Waals surface area contributed by atoms with E-state index in [0.29, 0.717) is 65.4 Å². The summed E-state index contributed by atoms with van der Waals surface area (Å²) < 4.78 is 8.39. The molecule has 4 heterocycles. The van der Waals surface area contributed by atoms with Crippen molar-refractivity contribution in [3.63, 3.8) is 0 Å². The molecule has 0 amide bonds. The normalized spacial score (nSPS) is 11.2. The summed E-state index contributed by atoms with van der Waals surface area (Å²) in [5.74, 6) is -0.124. The Kier molecular flexibility index (Phi) is 8.01. The highest BCUT2D eigenvalue weighted by atomic mass is 35.5. The first kappa shape index (κ1) is 30.2. The predicted octanol–water partition coefficient (Wildman–Crippen LogP) is 7.62. The minimum absolute atomic E-state index is 0.0879. The summed E-state index contributed by atoms with van der Waals surface area (Å²) in [6, 6.07) is 14.4. The number of pyridine rings is 2. The molecule has 4 aromatic heterocycles. The zero-order valence-corrected chi connectivity index (χ0v) is 26.5. The van der Waals surface area contributed by atoms with Gasteiger partial charge >= 0.3 is 5.97 Å². The number of fused-ring (bicyclic) bond motifs is 2. The maximum Gasteiger partial charge on any atom is 0.338 e. The zero-order valence-electron chi connectivity index (χ0n) is 24.2. The largest absolute Gasteiger partial charge is 0.491 e. The van der Waals surface area contributed by atoms with E-state index in [1.165, 1.54) is 15.9 Å². The van der Waals surface area contributed by atoms with Crippen molar-refractivity contribution in [3.8, 4) is 34.1 Å². The van der Waals surface area contributed by atoms with Crippen LogP contribution in [-0.2, 0) is 6.54 Å². The number of nitriles is 1. The number of carboxylic acids is 1. The Morgan fingerprint density at radius 2 is 1.89 bits per heavy atom. The Labute approximate surface area is 270 Å². The summed E-state index contributed by atoms with van der Waals surface area (Å²) in [7, 11) is 0. The van der Waals surface area contributed by atoms with Crippen molar-refractivity contribution in [1.29, 1.82) is 5.26 Å². The smallest absolute Gasteiger partial charge is 0.338 e. The number of aryl methyl sites for hydroxylation is 3. The van der Waals surface area contributed by atoms with Gasteiger partial charge in [0.15, 0.2) is 0 Å². The van der Waals surface area contributed by atoms with Crippen molar-refractivity contribution in [3.05, 3.63) is 103 Å². The number of benzene rings is 2. The van der Waals surface area contributed by atoms with Gasteiger partial charge in [-0.15, -0.1) is 11.3 Å². The molecule has 0 aliphatic heterocycles. The van der Waals surface area contributed by atoms with Gasteiger partial charge in [-0.3, -0.25) is 19.3 Å². The van der Waals surface area contributed by atoms with Crippen LogP contribution in [0.2, 0.25) is 10.0 Å². The predicted molar refractivity (Wildman–Crippen MR) is 176 cm³/mol. The molecule has 2 aromatic carbocycles. The van der Waals surface area contributed by atoms with Gasteiger partial charge in [-0.05, 0) is 57.2 Å². The Hall–Kier alpha value is -4.82. The lowest BCUT2D eigenvalue weighted by Gasteiger charge is -2.16. The monoisotopic (exact) mass is 655 g/mol. The lowest BCUT2D eigenvalue weighted by Crippen LogP contribution is -2.27. The van der Waals surface area contributed by atoms with E-state index in [4.69, 9.17) is 27.9 Å². The maximum absolute atomic E-state index is 13.9. The molecule has 0 bridgehead atoms. The van der Waals surface area contributed by atoms with Gasteiger partial charge < -0.3 is 9.84 Å². The third kappa shape index (κ3) is 5.40. The van der Waals surface area contributed by atoms with Crippen LogP contribution in [0.1, 0.15) is 33.1 Å². The van der Waals surface area contributed by atoms with Crippen molar-refractivity contribution in [1.82, 2.24) is 19.5 Å². The maximum atomic E-state index is 13.9. The number of aromatic carboxylic acids is 1. The highest BCUT2D eigenvalue weighted by Gasteiger charge is 2.22. The first-order valence-corrected chi connectivity index (χ1v) is 15.3. The molecule has 0 saturated carbocycles. The second-order valence-electron chi connectivity index (χ2n) is 10.3. The van der Waals surface area contributed by atoms with Gasteiger partial charge in [-0.1, -0.05) is 29.3 Å². The molecular weight excluding hydrogens is 633 g/mol. The van der Waals surface area contributed by atoms with E-state index in [0.717, 1.165) is 5.56 Å². The molecule has 0 fully saturated rings. The number of ether oxygens (including phenoxy) is 1. The number of carboxylic acid groups (broad SMARTS) is 1. The molecule has 224 valence electrons. The Morgan fingerprint density at radius 1 is 1.09 bits per heavy atom. The molecule has 12 heteroatoms. The molecule has 6 rings (SSSR count). The van der Waals surface area contributed by atoms with Crippen LogP contribution >= 0.6 is 34.5 Å². The van der Waals surface area contributed by atoms with E-state index in [2.05, 4.69) is 21.0 Å². The van der Waals surface area contributed by atoms with Crippen LogP contribution in [0, 0.1) is 32.1 Å². The number of aromatic nitrogens is 4. The lowest BCUT2D eigenvalue weighted by atomic mass is 9.96. The fraction of sp³-hybridized carbons (Fsp3) is 0.152. The molecule has 6 aromatic rings. The van der Waals surface area contributed by atoms with E-state index in [1.807, 2.05) is 19.1 Å². The minimum atomic E-state index is -1.05. The molecule has 9 nitrogen and oxygen atoms in total. The molecule has 0 radical (unpaired) electrons. The average molecular weight is 657 g/mol. The van der Waals surface area contributed by atoms with Crippen LogP contribution in [0.25, 0.3) is 43.4 Å². The molecule has 0 aliphatic carbocycles. The molecular formula is C33H23Cl2N5O4S. The molecule has 0 aliphatic rings. The second-order valence-corrected chi connectivity index (χ2v) is 12.0. The molecule has 0 atom stereocenters. The molecule has 0 unspecified atom stereocenters. The van der Waals surface area contributed by atoms with E-state index in [1.54, 1.807) is 55.8 Å². The average Bonchev–Trinajstić information content (AvgIpc) is 3.43. The van der Waals surface area contributed by atoms with Crippen molar-refractivity contribution in [2.75, 3.05) is 6.61 Å². The van der Waals surface area contributed by atoms with E-state index in [9.17, 15) is 20.0 Å². The van der Waals surface area contributed by atoms with Crippen molar-refractivity contribution in [2.24, 2.45) is 0 Å². The van der Waals surface area contributed by atoms with Gasteiger partial charge in [0, 0.05) is 50.2 Å². The number of hydrogen-bond acceptors (Lipinski definition) is 8. The van der Waals surface area contributed by atoms with Gasteiger partial charge in [0.1, 0.15) is 24.3 Å². The van der Waals surface area contributed by atoms with Gasteiger partial charge in [0.05, 0.1) is 43.8 Å². The highest BCUT2D eigenvalue weighted by molar-refractivity contribution is 7.18. The Morgan fingerprint density at radius 3 is 2.62 bits per heavy atom. The molecule has 45 heavy (non-hydrogen) atoms. The van der Waals surface area contributed by atoms with Crippen LogP contribution in [0.15, 0.2) is 58.8 Å². The third-order valence-corrected chi connectivity index (χ3v) is 9.00. The first-order chi connectivity index (χ1) is 21.6. The van der Waals surface area contributed by atoms with Crippen molar-refractivity contribution >= 4 is 61.6 Å². The summed E-state index contributed by atoms with van der Waals surface area (Å²) in [4.78, 5) is 39.1. The molecule has 0 spiro atoms. The van der Waals surface area contributed by atoms with E-state index < -0.39 is 5.97 Å². The van der Waals surface area contributed by atoms with Gasteiger partial charge in [0.2, 0.25) is 0 Å². The van der Waals surface area contributed by atoms with Crippen LogP contribution in [0.4, 0.5) is 0 Å². The SMILES string of the molecule is Cc1cc(-c2cc(Cl)ccc2OCCn2c(C)nc3cc(Cl)c(-c4cccnc4C)c(C#N)c3c2=O)c2scc(C(=O)O)c2n1. The number of rotatable bonds is 7. The summed E-state index contributed by atoms with van der Waals surface area (Å²) in [5.41, 5.74) is 4.41. The number of carbonyl (C=O) groups is 1. The minimum Gasteiger partial charge on any atom is -0.491 e. The number of thiophene rings is 1. The lowest BCUT2D eigenvalue weighted by molar-refractivity contribution is 0.0699. The quantitative estimate of drug-likeness (QED) is 0.186. The summed E-state index contributed by atoms with van der Waals surface area (Å²) in [6.07, 6.45) is 1.65. The second kappa shape index (κ2) is 11.9. The summed E-state index contributed by atoms with van der Waals surface area (Å²) in [5, 5.41) is 22.4. The standard InChI is InChI=1S/C33H23Cl2N5O4S/c1-16-11-22(31-30(38-16)24(15-45-31)33(42)43)21-12-19(34)6-7-27(21)44-10-9-40-18(3)39-26-13-25(35)28(20-5-4-8-37-17(20)2)23(14-36)29(26)32(40)41/h4-8,11-13,15H,9-10H2,1-3H3,(H,42,43). The fourth-order valence-electron chi connectivity index (χ4n) is 5.42.